The van der Waals surface area contributed by atoms with Crippen LogP contribution in [0.5, 0.6) is 0 Å². The van der Waals surface area contributed by atoms with Gasteiger partial charge in [0.1, 0.15) is 0 Å². The maximum Gasteiger partial charge on any atom is 0.253 e. The molecule has 0 fully saturated rings. The molecule has 0 aliphatic rings. The number of carbonyl (C=O) groups is 1. The number of aromatic nitrogens is 2. The third-order valence-corrected chi connectivity index (χ3v) is 4.78. The molecule has 138 valence electrons. The second-order valence-electron chi connectivity index (χ2n) is 6.60. The summed E-state index contributed by atoms with van der Waals surface area (Å²) >= 11 is 0. The second-order valence-corrected chi connectivity index (χ2v) is 6.60. The van der Waals surface area contributed by atoms with Gasteiger partial charge in [0.2, 0.25) is 0 Å². The first-order valence-corrected chi connectivity index (χ1v) is 9.24. The van der Waals surface area contributed by atoms with Crippen LogP contribution in [0.4, 0.5) is 0 Å². The number of hydrogen-bond acceptors (Lipinski definition) is 2. The average molecular weight is 367 g/mol. The van der Waals surface area contributed by atoms with Gasteiger partial charge in [-0.1, -0.05) is 48.5 Å². The topological polar surface area (TPSA) is 46.9 Å². The molecule has 2 aromatic carbocycles. The van der Waals surface area contributed by atoms with Crippen LogP contribution in [-0.2, 0) is 6.54 Å². The molecule has 0 aliphatic carbocycles. The lowest BCUT2D eigenvalue weighted by Crippen LogP contribution is -2.23. The van der Waals surface area contributed by atoms with Crippen molar-refractivity contribution in [3.63, 3.8) is 0 Å². The Hall–Kier alpha value is -3.66. The molecule has 28 heavy (non-hydrogen) atoms. The first-order chi connectivity index (χ1) is 13.7. The SMILES string of the molecule is Cc1c(C(=O)NCc2ccncc2)cc(-c2ccccc2)n1-c1ccccc1. The van der Waals surface area contributed by atoms with E-state index in [2.05, 4.69) is 39.1 Å². The molecule has 4 rings (SSSR count). The Morgan fingerprint density at radius 2 is 1.57 bits per heavy atom. The van der Waals surface area contributed by atoms with Crippen molar-refractivity contribution in [1.29, 1.82) is 0 Å². The molecule has 0 saturated carbocycles. The van der Waals surface area contributed by atoms with Crippen molar-refractivity contribution in [1.82, 2.24) is 14.9 Å². The summed E-state index contributed by atoms with van der Waals surface area (Å²) in [5.74, 6) is -0.0822. The van der Waals surface area contributed by atoms with Crippen LogP contribution in [0.1, 0.15) is 21.6 Å². The molecule has 0 radical (unpaired) electrons. The van der Waals surface area contributed by atoms with Crippen molar-refractivity contribution in [2.45, 2.75) is 13.5 Å². The first-order valence-electron chi connectivity index (χ1n) is 9.24. The number of para-hydroxylation sites is 1. The third-order valence-electron chi connectivity index (χ3n) is 4.78. The Bertz CT molecular complexity index is 1070. The zero-order chi connectivity index (χ0) is 19.3. The van der Waals surface area contributed by atoms with Gasteiger partial charge in [-0.2, -0.15) is 0 Å². The highest BCUT2D eigenvalue weighted by Crippen LogP contribution is 2.29. The minimum absolute atomic E-state index is 0.0822. The maximum atomic E-state index is 12.9. The van der Waals surface area contributed by atoms with Gasteiger partial charge in [0.05, 0.1) is 11.3 Å². The van der Waals surface area contributed by atoms with Crippen molar-refractivity contribution in [2.75, 3.05) is 0 Å². The molecule has 0 unspecified atom stereocenters. The third kappa shape index (κ3) is 3.58. The fourth-order valence-electron chi connectivity index (χ4n) is 3.35. The van der Waals surface area contributed by atoms with Crippen LogP contribution in [0.25, 0.3) is 16.9 Å². The minimum Gasteiger partial charge on any atom is -0.348 e. The number of rotatable bonds is 5. The van der Waals surface area contributed by atoms with Gasteiger partial charge in [-0.05, 0) is 48.4 Å². The summed E-state index contributed by atoms with van der Waals surface area (Å²) in [7, 11) is 0. The largest absolute Gasteiger partial charge is 0.348 e. The molecule has 0 atom stereocenters. The maximum absolute atomic E-state index is 12.9. The van der Waals surface area contributed by atoms with Crippen LogP contribution in [0.15, 0.2) is 91.3 Å². The Morgan fingerprint density at radius 1 is 0.929 bits per heavy atom. The molecule has 1 amide bonds. The molecule has 2 aromatic heterocycles. The van der Waals surface area contributed by atoms with Gasteiger partial charge in [0.25, 0.3) is 5.91 Å². The molecular weight excluding hydrogens is 346 g/mol. The van der Waals surface area contributed by atoms with Crippen LogP contribution in [0, 0.1) is 6.92 Å². The number of pyridine rings is 1. The van der Waals surface area contributed by atoms with Gasteiger partial charge in [-0.15, -0.1) is 0 Å². The summed E-state index contributed by atoms with van der Waals surface area (Å²) in [5, 5.41) is 3.02. The molecule has 2 heterocycles. The van der Waals surface area contributed by atoms with E-state index in [9.17, 15) is 4.79 Å². The predicted molar refractivity (Wildman–Crippen MR) is 111 cm³/mol. The van der Waals surface area contributed by atoms with E-state index in [0.717, 1.165) is 28.2 Å². The summed E-state index contributed by atoms with van der Waals surface area (Å²) in [6.07, 6.45) is 3.46. The van der Waals surface area contributed by atoms with Gasteiger partial charge in [0, 0.05) is 30.3 Å². The molecule has 0 spiro atoms. The molecule has 4 aromatic rings. The van der Waals surface area contributed by atoms with Crippen LogP contribution in [0.2, 0.25) is 0 Å². The van der Waals surface area contributed by atoms with E-state index in [-0.39, 0.29) is 5.91 Å². The van der Waals surface area contributed by atoms with Gasteiger partial charge in [-0.3, -0.25) is 9.78 Å². The predicted octanol–water partition coefficient (Wildman–Crippen LogP) is 4.78. The van der Waals surface area contributed by atoms with E-state index in [4.69, 9.17) is 0 Å². The number of carbonyl (C=O) groups excluding carboxylic acids is 1. The molecule has 0 aliphatic heterocycles. The molecule has 4 heteroatoms. The monoisotopic (exact) mass is 367 g/mol. The standard InChI is InChI=1S/C24H21N3O/c1-18-22(24(28)26-17-19-12-14-25-15-13-19)16-23(20-8-4-2-5-9-20)27(18)21-10-6-3-7-11-21/h2-16H,17H2,1H3,(H,26,28). The zero-order valence-corrected chi connectivity index (χ0v) is 15.7. The highest BCUT2D eigenvalue weighted by Gasteiger charge is 2.19. The molecule has 1 N–H and O–H groups in total. The lowest BCUT2D eigenvalue weighted by molar-refractivity contribution is 0.0950. The molecular formula is C24H21N3O. The average Bonchev–Trinajstić information content (AvgIpc) is 3.11. The van der Waals surface area contributed by atoms with E-state index >= 15 is 0 Å². The van der Waals surface area contributed by atoms with Crippen LogP contribution < -0.4 is 5.32 Å². The van der Waals surface area contributed by atoms with Crippen molar-refractivity contribution in [3.8, 4) is 16.9 Å². The van der Waals surface area contributed by atoms with E-state index in [1.54, 1.807) is 12.4 Å². The van der Waals surface area contributed by atoms with Crippen molar-refractivity contribution < 1.29 is 4.79 Å². The van der Waals surface area contributed by atoms with Gasteiger partial charge in [-0.25, -0.2) is 0 Å². The molecule has 0 saturated heterocycles. The Morgan fingerprint density at radius 3 is 2.25 bits per heavy atom. The molecule has 0 bridgehead atoms. The van der Waals surface area contributed by atoms with Crippen molar-refractivity contribution in [2.24, 2.45) is 0 Å². The normalized spacial score (nSPS) is 10.6. The lowest BCUT2D eigenvalue weighted by atomic mass is 10.1. The highest BCUT2D eigenvalue weighted by atomic mass is 16.1. The summed E-state index contributed by atoms with van der Waals surface area (Å²) in [4.78, 5) is 16.9. The van der Waals surface area contributed by atoms with E-state index in [1.807, 2.05) is 61.5 Å². The number of benzene rings is 2. The first kappa shape index (κ1) is 17.7. The van der Waals surface area contributed by atoms with Gasteiger partial charge >= 0.3 is 0 Å². The fraction of sp³-hybridized carbons (Fsp3) is 0.0833. The highest BCUT2D eigenvalue weighted by molar-refractivity contribution is 5.97. The Balaban J connectivity index is 1.72. The van der Waals surface area contributed by atoms with Crippen LogP contribution in [0.3, 0.4) is 0 Å². The fourth-order valence-corrected chi connectivity index (χ4v) is 3.35. The van der Waals surface area contributed by atoms with Crippen molar-refractivity contribution in [3.05, 3.63) is 108 Å². The second kappa shape index (κ2) is 7.92. The zero-order valence-electron chi connectivity index (χ0n) is 15.7. The van der Waals surface area contributed by atoms with Crippen molar-refractivity contribution >= 4 is 5.91 Å². The van der Waals surface area contributed by atoms with E-state index < -0.39 is 0 Å². The summed E-state index contributed by atoms with van der Waals surface area (Å²) in [6, 6.07) is 26.0. The minimum atomic E-state index is -0.0822. The van der Waals surface area contributed by atoms with Crippen LogP contribution >= 0.6 is 0 Å². The summed E-state index contributed by atoms with van der Waals surface area (Å²) in [5.41, 5.74) is 5.72. The quantitative estimate of drug-likeness (QED) is 0.552. The van der Waals surface area contributed by atoms with E-state index in [1.165, 1.54) is 0 Å². The van der Waals surface area contributed by atoms with Gasteiger partial charge in [0.15, 0.2) is 0 Å². The summed E-state index contributed by atoms with van der Waals surface area (Å²) < 4.78 is 2.14. The number of nitrogens with one attached hydrogen (secondary N) is 1. The smallest absolute Gasteiger partial charge is 0.253 e. The number of amides is 1. The Kier molecular flexibility index (Phi) is 5.02. The number of nitrogens with zero attached hydrogens (tertiary/aromatic N) is 2. The van der Waals surface area contributed by atoms with Crippen LogP contribution in [-0.4, -0.2) is 15.5 Å². The molecule has 4 nitrogen and oxygen atoms in total. The number of hydrogen-bond donors (Lipinski definition) is 1. The van der Waals surface area contributed by atoms with E-state index in [0.29, 0.717) is 12.1 Å². The summed E-state index contributed by atoms with van der Waals surface area (Å²) in [6.45, 7) is 2.46. The lowest BCUT2D eigenvalue weighted by Gasteiger charge is -2.12. The Labute approximate surface area is 164 Å². The van der Waals surface area contributed by atoms with Gasteiger partial charge < -0.3 is 9.88 Å².